The molecule has 0 aliphatic heterocycles. The van der Waals surface area contributed by atoms with Crippen molar-refractivity contribution in [2.75, 3.05) is 0 Å². The second-order valence-corrected chi connectivity index (χ2v) is 7.87. The van der Waals surface area contributed by atoms with Crippen LogP contribution in [0.2, 0.25) is 0 Å². The first-order valence-electron chi connectivity index (χ1n) is 7.74. The number of thiophene rings is 1. The molecule has 0 aromatic carbocycles. The summed E-state index contributed by atoms with van der Waals surface area (Å²) in [6.07, 6.45) is 8.40. The highest BCUT2D eigenvalue weighted by Gasteiger charge is 2.75. The van der Waals surface area contributed by atoms with Crippen LogP contribution in [0.1, 0.15) is 58.6 Å². The number of carbonyl (C=O) groups excluding carboxylic acids is 2. The Hall–Kier alpha value is -1.20. The third-order valence-electron chi connectivity index (χ3n) is 5.92. The van der Waals surface area contributed by atoms with E-state index < -0.39 is 5.91 Å². The molecule has 21 heavy (non-hydrogen) atoms. The van der Waals surface area contributed by atoms with Crippen molar-refractivity contribution >= 4 is 23.0 Å². The van der Waals surface area contributed by atoms with E-state index in [0.717, 1.165) is 37.7 Å². The molecule has 3 aliphatic carbocycles. The second kappa shape index (κ2) is 4.40. The lowest BCUT2D eigenvalue weighted by molar-refractivity contribution is -0.115. The molecule has 1 atom stereocenters. The highest BCUT2D eigenvalue weighted by atomic mass is 32.1. The third-order valence-corrected chi connectivity index (χ3v) is 7.16. The summed E-state index contributed by atoms with van der Waals surface area (Å²) in [6, 6.07) is 1.87. The molecule has 0 saturated heterocycles. The monoisotopic (exact) mass is 305 g/mol. The summed E-state index contributed by atoms with van der Waals surface area (Å²) in [5, 5.41) is 8.76. The second-order valence-electron chi connectivity index (χ2n) is 6.73. The summed E-state index contributed by atoms with van der Waals surface area (Å²) in [5.74, 6) is 0.0395. The van der Waals surface area contributed by atoms with Crippen LogP contribution in [0.4, 0.5) is 0 Å². The van der Waals surface area contributed by atoms with E-state index in [1.807, 2.05) is 6.07 Å². The van der Waals surface area contributed by atoms with Crippen molar-refractivity contribution in [3.8, 4) is 0 Å². The lowest BCUT2D eigenvalue weighted by Gasteiger charge is -2.29. The molecule has 3 aliphatic rings. The largest absolute Gasteiger partial charge is 0.298 e. The molecule has 2 spiro atoms. The maximum atomic E-state index is 12.7. The van der Waals surface area contributed by atoms with Gasteiger partial charge < -0.3 is 0 Å². The molecule has 1 unspecified atom stereocenters. The summed E-state index contributed by atoms with van der Waals surface area (Å²) in [5.41, 5.74) is 2.68. The zero-order valence-corrected chi connectivity index (χ0v) is 12.7. The molecule has 2 saturated carbocycles. The molecule has 112 valence electrons. The number of amides is 1. The minimum absolute atomic E-state index is 0.0374. The molecule has 4 nitrogen and oxygen atoms in total. The Morgan fingerprint density at radius 3 is 2.67 bits per heavy atom. The molecule has 1 aromatic heterocycles. The van der Waals surface area contributed by atoms with Gasteiger partial charge in [-0.25, -0.2) is 5.48 Å². The number of nitrogens with one attached hydrogen (secondary N) is 1. The van der Waals surface area contributed by atoms with Crippen LogP contribution >= 0.6 is 11.3 Å². The number of aryl methyl sites for hydroxylation is 1. The van der Waals surface area contributed by atoms with Crippen molar-refractivity contribution in [3.63, 3.8) is 0 Å². The topological polar surface area (TPSA) is 66.4 Å². The SMILES string of the molecule is O=C(NO)c1cc2c(s1)CCC1(C2)C(=O)C12CCCCC2. The van der Waals surface area contributed by atoms with Crippen molar-refractivity contribution in [2.24, 2.45) is 10.8 Å². The Balaban J connectivity index is 1.64. The zero-order chi connectivity index (χ0) is 14.7. The van der Waals surface area contributed by atoms with Crippen molar-refractivity contribution in [3.05, 3.63) is 21.4 Å². The van der Waals surface area contributed by atoms with Gasteiger partial charge >= 0.3 is 0 Å². The number of fused-ring (bicyclic) bond motifs is 2. The van der Waals surface area contributed by atoms with Gasteiger partial charge in [0.05, 0.1) is 4.88 Å². The van der Waals surface area contributed by atoms with Crippen molar-refractivity contribution < 1.29 is 14.8 Å². The van der Waals surface area contributed by atoms with Crippen LogP contribution in [0.5, 0.6) is 0 Å². The first-order valence-corrected chi connectivity index (χ1v) is 8.56. The van der Waals surface area contributed by atoms with Gasteiger partial charge in [-0.15, -0.1) is 11.3 Å². The number of hydrogen-bond acceptors (Lipinski definition) is 4. The van der Waals surface area contributed by atoms with Crippen LogP contribution in [0, 0.1) is 10.8 Å². The van der Waals surface area contributed by atoms with E-state index >= 15 is 0 Å². The van der Waals surface area contributed by atoms with Crippen LogP contribution in [0.15, 0.2) is 6.07 Å². The van der Waals surface area contributed by atoms with E-state index in [9.17, 15) is 9.59 Å². The van der Waals surface area contributed by atoms with Crippen LogP contribution in [0.25, 0.3) is 0 Å². The van der Waals surface area contributed by atoms with Crippen molar-refractivity contribution in [1.29, 1.82) is 0 Å². The molecule has 1 aromatic rings. The molecule has 2 N–H and O–H groups in total. The Kier molecular flexibility index (Phi) is 2.82. The fourth-order valence-electron chi connectivity index (χ4n) is 4.79. The fraction of sp³-hybridized carbons (Fsp3) is 0.625. The average Bonchev–Trinajstić information content (AvgIpc) is 2.86. The first kappa shape index (κ1) is 13.5. The van der Waals surface area contributed by atoms with Gasteiger partial charge in [0.2, 0.25) is 0 Å². The standard InChI is InChI=1S/C16H19NO3S/c18-13(17-20)12-8-10-9-16(7-4-11(10)21-12)14(19)15(16)5-2-1-3-6-15/h8,20H,1-7,9H2,(H,17,18). The third kappa shape index (κ3) is 1.64. The summed E-state index contributed by atoms with van der Waals surface area (Å²) < 4.78 is 0. The number of hydroxylamine groups is 1. The summed E-state index contributed by atoms with van der Waals surface area (Å²) >= 11 is 1.45. The van der Waals surface area contributed by atoms with E-state index in [-0.39, 0.29) is 10.8 Å². The molecule has 4 rings (SSSR count). The zero-order valence-electron chi connectivity index (χ0n) is 11.9. The molecular formula is C16H19NO3S. The van der Waals surface area contributed by atoms with Gasteiger partial charge in [-0.05, 0) is 43.7 Å². The predicted molar refractivity (Wildman–Crippen MR) is 78.6 cm³/mol. The molecule has 1 heterocycles. The smallest absolute Gasteiger partial charge is 0.284 e. The van der Waals surface area contributed by atoms with E-state index in [4.69, 9.17) is 5.21 Å². The average molecular weight is 305 g/mol. The van der Waals surface area contributed by atoms with Gasteiger partial charge in [-0.2, -0.15) is 0 Å². The molecule has 1 amide bonds. The normalized spacial score (nSPS) is 29.5. The van der Waals surface area contributed by atoms with Crippen LogP contribution < -0.4 is 5.48 Å². The summed E-state index contributed by atoms with van der Waals surface area (Å²) in [4.78, 5) is 26.0. The minimum Gasteiger partial charge on any atom is -0.298 e. The molecule has 0 bridgehead atoms. The number of rotatable bonds is 1. The van der Waals surface area contributed by atoms with Crippen molar-refractivity contribution in [2.45, 2.75) is 51.4 Å². The maximum absolute atomic E-state index is 12.7. The predicted octanol–water partition coefficient (Wildman–Crippen LogP) is 2.88. The first-order chi connectivity index (χ1) is 10.1. The summed E-state index contributed by atoms with van der Waals surface area (Å²) in [7, 11) is 0. The molecular weight excluding hydrogens is 286 g/mol. The maximum Gasteiger partial charge on any atom is 0.284 e. The molecule has 2 fully saturated rings. The fourth-order valence-corrected chi connectivity index (χ4v) is 5.87. The van der Waals surface area contributed by atoms with Gasteiger partial charge in [0, 0.05) is 15.7 Å². The highest BCUT2D eigenvalue weighted by Crippen LogP contribution is 2.71. The molecule has 5 heteroatoms. The van der Waals surface area contributed by atoms with E-state index in [0.29, 0.717) is 10.7 Å². The Labute approximate surface area is 127 Å². The van der Waals surface area contributed by atoms with Crippen LogP contribution in [-0.4, -0.2) is 16.9 Å². The Morgan fingerprint density at radius 2 is 1.95 bits per heavy atom. The quantitative estimate of drug-likeness (QED) is 0.619. The minimum atomic E-state index is -0.446. The number of carbonyl (C=O) groups is 2. The van der Waals surface area contributed by atoms with Crippen LogP contribution in [0.3, 0.4) is 0 Å². The number of hydrogen-bond donors (Lipinski definition) is 2. The van der Waals surface area contributed by atoms with Gasteiger partial charge in [0.1, 0.15) is 5.78 Å². The van der Waals surface area contributed by atoms with Gasteiger partial charge in [-0.1, -0.05) is 19.3 Å². The Bertz CT molecular complexity index is 629. The van der Waals surface area contributed by atoms with Crippen LogP contribution in [-0.2, 0) is 17.6 Å². The summed E-state index contributed by atoms with van der Waals surface area (Å²) in [6.45, 7) is 0. The van der Waals surface area contributed by atoms with Gasteiger partial charge in [-0.3, -0.25) is 14.8 Å². The van der Waals surface area contributed by atoms with Gasteiger partial charge in [0.25, 0.3) is 5.91 Å². The van der Waals surface area contributed by atoms with Gasteiger partial charge in [0.15, 0.2) is 0 Å². The van der Waals surface area contributed by atoms with E-state index in [2.05, 4.69) is 0 Å². The highest BCUT2D eigenvalue weighted by molar-refractivity contribution is 7.14. The lowest BCUT2D eigenvalue weighted by atomic mass is 9.73. The lowest BCUT2D eigenvalue weighted by Crippen LogP contribution is -2.23. The van der Waals surface area contributed by atoms with Crippen molar-refractivity contribution in [1.82, 2.24) is 5.48 Å². The number of Topliss-reactive ketones (excluding diaryl/α,β-unsaturated/α-hetero) is 1. The van der Waals surface area contributed by atoms with E-state index in [1.165, 1.54) is 35.5 Å². The van der Waals surface area contributed by atoms with E-state index in [1.54, 1.807) is 5.48 Å². The molecule has 0 radical (unpaired) electrons. The number of ketones is 1. The Morgan fingerprint density at radius 1 is 1.19 bits per heavy atom.